The highest BCUT2D eigenvalue weighted by atomic mass is 35.5. The van der Waals surface area contributed by atoms with Crippen LogP contribution >= 0.6 is 23.2 Å². The molecule has 6 nitrogen and oxygen atoms in total. The van der Waals surface area contributed by atoms with Crippen molar-refractivity contribution in [2.45, 2.75) is 11.4 Å². The fourth-order valence-electron chi connectivity index (χ4n) is 2.37. The Morgan fingerprint density at radius 2 is 1.83 bits per heavy atom. The van der Waals surface area contributed by atoms with Gasteiger partial charge in [-0.05, 0) is 60.2 Å². The Morgan fingerprint density at radius 1 is 1.07 bits per heavy atom. The van der Waals surface area contributed by atoms with E-state index in [1.54, 1.807) is 36.4 Å². The van der Waals surface area contributed by atoms with Crippen LogP contribution in [0.1, 0.15) is 11.3 Å². The lowest BCUT2D eigenvalue weighted by atomic mass is 10.2. The number of carbonyl (C=O) groups excluding carboxylic acids is 1. The molecule has 3 rings (SSSR count). The van der Waals surface area contributed by atoms with Crippen LogP contribution in [0.15, 0.2) is 76.2 Å². The minimum atomic E-state index is -3.70. The van der Waals surface area contributed by atoms with Crippen molar-refractivity contribution in [3.05, 3.63) is 88.3 Å². The van der Waals surface area contributed by atoms with Crippen LogP contribution in [0.2, 0.25) is 10.0 Å². The summed E-state index contributed by atoms with van der Waals surface area (Å²) in [7, 11) is -3.70. The van der Waals surface area contributed by atoms with E-state index in [0.29, 0.717) is 27.1 Å². The summed E-state index contributed by atoms with van der Waals surface area (Å²) in [6.07, 6.45) is 4.35. The Morgan fingerprint density at radius 3 is 2.48 bits per heavy atom. The summed E-state index contributed by atoms with van der Waals surface area (Å²) in [5.74, 6) is 0.118. The maximum absolute atomic E-state index is 12.3. The molecule has 1 heterocycles. The Hall–Kier alpha value is -2.58. The Balaban J connectivity index is 1.60. The van der Waals surface area contributed by atoms with Crippen molar-refractivity contribution < 1.29 is 17.6 Å². The Labute approximate surface area is 178 Å². The number of halogens is 2. The molecule has 0 fully saturated rings. The van der Waals surface area contributed by atoms with E-state index < -0.39 is 10.0 Å². The summed E-state index contributed by atoms with van der Waals surface area (Å²) in [5, 5.41) is 3.58. The molecule has 0 unspecified atom stereocenters. The molecule has 0 aliphatic carbocycles. The SMILES string of the molecule is O=C(/C=C/c1ccc(Cl)cc1Cl)Nc1ccc(S(=O)(=O)NCc2ccco2)cc1. The van der Waals surface area contributed by atoms with Crippen LogP contribution in [0.5, 0.6) is 0 Å². The second-order valence-corrected chi connectivity index (χ2v) is 8.53. The van der Waals surface area contributed by atoms with Crippen LogP contribution < -0.4 is 10.0 Å². The highest BCUT2D eigenvalue weighted by molar-refractivity contribution is 7.89. The third kappa shape index (κ3) is 5.95. The van der Waals surface area contributed by atoms with Gasteiger partial charge in [-0.3, -0.25) is 4.79 Å². The largest absolute Gasteiger partial charge is 0.468 e. The summed E-state index contributed by atoms with van der Waals surface area (Å²) >= 11 is 11.9. The van der Waals surface area contributed by atoms with Gasteiger partial charge < -0.3 is 9.73 Å². The maximum atomic E-state index is 12.3. The van der Waals surface area contributed by atoms with Crippen LogP contribution in [-0.4, -0.2) is 14.3 Å². The lowest BCUT2D eigenvalue weighted by molar-refractivity contribution is -0.111. The molecule has 9 heteroatoms. The van der Waals surface area contributed by atoms with Gasteiger partial charge in [-0.25, -0.2) is 13.1 Å². The van der Waals surface area contributed by atoms with Crippen molar-refractivity contribution in [3.8, 4) is 0 Å². The van der Waals surface area contributed by atoms with Gasteiger partial charge in [0.15, 0.2) is 0 Å². The molecule has 0 saturated heterocycles. The topological polar surface area (TPSA) is 88.4 Å². The van der Waals surface area contributed by atoms with Crippen molar-refractivity contribution in [1.82, 2.24) is 4.72 Å². The number of benzene rings is 2. The van der Waals surface area contributed by atoms with Gasteiger partial charge in [0.1, 0.15) is 5.76 Å². The smallest absolute Gasteiger partial charge is 0.248 e. The molecular weight excluding hydrogens is 435 g/mol. The molecular formula is C20H16Cl2N2O4S. The van der Waals surface area contributed by atoms with Crippen molar-refractivity contribution in [2.24, 2.45) is 0 Å². The standard InChI is InChI=1S/C20H16Cl2N2O4S/c21-15-5-3-14(19(22)12-15)4-10-20(25)24-16-6-8-18(9-7-16)29(26,27)23-13-17-2-1-11-28-17/h1-12,23H,13H2,(H,24,25)/b10-4+. The number of hydrogen-bond donors (Lipinski definition) is 2. The second kappa shape index (κ2) is 9.28. The molecule has 0 aliphatic rings. The van der Waals surface area contributed by atoms with Crippen LogP contribution in [0.25, 0.3) is 6.08 Å². The van der Waals surface area contributed by atoms with E-state index >= 15 is 0 Å². The van der Waals surface area contributed by atoms with Crippen LogP contribution in [0.3, 0.4) is 0 Å². The zero-order valence-electron chi connectivity index (χ0n) is 14.9. The molecule has 0 spiro atoms. The fraction of sp³-hybridized carbons (Fsp3) is 0.0500. The zero-order chi connectivity index (χ0) is 20.9. The number of anilines is 1. The van der Waals surface area contributed by atoms with Crippen molar-refractivity contribution in [2.75, 3.05) is 5.32 Å². The summed E-state index contributed by atoms with van der Waals surface area (Å²) in [6, 6.07) is 14.1. The molecule has 0 bridgehead atoms. The first-order valence-electron chi connectivity index (χ1n) is 8.40. The number of rotatable bonds is 7. The lowest BCUT2D eigenvalue weighted by Crippen LogP contribution is -2.23. The van der Waals surface area contributed by atoms with E-state index in [1.807, 2.05) is 0 Å². The summed E-state index contributed by atoms with van der Waals surface area (Å²) in [4.78, 5) is 12.1. The number of sulfonamides is 1. The molecule has 1 aromatic heterocycles. The van der Waals surface area contributed by atoms with Gasteiger partial charge >= 0.3 is 0 Å². The molecule has 0 atom stereocenters. The van der Waals surface area contributed by atoms with Crippen molar-refractivity contribution in [3.63, 3.8) is 0 Å². The molecule has 0 radical (unpaired) electrons. The third-order valence-electron chi connectivity index (χ3n) is 3.83. The molecule has 0 saturated carbocycles. The average molecular weight is 451 g/mol. The van der Waals surface area contributed by atoms with Gasteiger partial charge in [-0.15, -0.1) is 0 Å². The van der Waals surface area contributed by atoms with E-state index in [2.05, 4.69) is 10.0 Å². The first-order chi connectivity index (χ1) is 13.8. The molecule has 2 N–H and O–H groups in total. The number of hydrogen-bond acceptors (Lipinski definition) is 4. The second-order valence-electron chi connectivity index (χ2n) is 5.92. The quantitative estimate of drug-likeness (QED) is 0.509. The van der Waals surface area contributed by atoms with Gasteiger partial charge in [0.2, 0.25) is 15.9 Å². The first-order valence-corrected chi connectivity index (χ1v) is 10.6. The van der Waals surface area contributed by atoms with E-state index in [9.17, 15) is 13.2 Å². The van der Waals surface area contributed by atoms with Gasteiger partial charge in [-0.1, -0.05) is 29.3 Å². The first kappa shape index (κ1) is 21.1. The minimum absolute atomic E-state index is 0.0475. The molecule has 1 amide bonds. The highest BCUT2D eigenvalue weighted by Gasteiger charge is 2.14. The predicted molar refractivity (Wildman–Crippen MR) is 113 cm³/mol. The van der Waals surface area contributed by atoms with E-state index in [0.717, 1.165) is 0 Å². The zero-order valence-corrected chi connectivity index (χ0v) is 17.3. The molecule has 2 aromatic carbocycles. The van der Waals surface area contributed by atoms with Gasteiger partial charge in [-0.2, -0.15) is 0 Å². The fourth-order valence-corrected chi connectivity index (χ4v) is 3.83. The molecule has 29 heavy (non-hydrogen) atoms. The number of amides is 1. The molecule has 150 valence electrons. The molecule has 0 aliphatic heterocycles. The highest BCUT2D eigenvalue weighted by Crippen LogP contribution is 2.22. The van der Waals surface area contributed by atoms with Gasteiger partial charge in [0, 0.05) is 21.8 Å². The summed E-state index contributed by atoms with van der Waals surface area (Å²) < 4.78 is 32.1. The van der Waals surface area contributed by atoms with E-state index in [-0.39, 0.29) is 17.3 Å². The van der Waals surface area contributed by atoms with Crippen LogP contribution in [0.4, 0.5) is 5.69 Å². The summed E-state index contributed by atoms with van der Waals surface area (Å²) in [6.45, 7) is 0.0475. The number of nitrogens with one attached hydrogen (secondary N) is 2. The van der Waals surface area contributed by atoms with Gasteiger partial charge in [0.05, 0.1) is 17.7 Å². The van der Waals surface area contributed by atoms with E-state index in [1.165, 1.54) is 36.6 Å². The van der Waals surface area contributed by atoms with Crippen molar-refractivity contribution >= 4 is 50.9 Å². The maximum Gasteiger partial charge on any atom is 0.248 e. The van der Waals surface area contributed by atoms with Crippen LogP contribution in [0, 0.1) is 0 Å². The monoisotopic (exact) mass is 450 g/mol. The third-order valence-corrected chi connectivity index (χ3v) is 5.81. The normalized spacial score (nSPS) is 11.7. The summed E-state index contributed by atoms with van der Waals surface area (Å²) in [5.41, 5.74) is 1.10. The molecule has 3 aromatic rings. The van der Waals surface area contributed by atoms with E-state index in [4.69, 9.17) is 27.6 Å². The number of carbonyl (C=O) groups is 1. The predicted octanol–water partition coefficient (Wildman–Crippen LogP) is 4.72. The van der Waals surface area contributed by atoms with Gasteiger partial charge in [0.25, 0.3) is 0 Å². The lowest BCUT2D eigenvalue weighted by Gasteiger charge is -2.07. The minimum Gasteiger partial charge on any atom is -0.468 e. The van der Waals surface area contributed by atoms with Crippen LogP contribution in [-0.2, 0) is 21.4 Å². The average Bonchev–Trinajstić information content (AvgIpc) is 3.20. The van der Waals surface area contributed by atoms with Crippen molar-refractivity contribution in [1.29, 1.82) is 0 Å². The number of furan rings is 1. The Kier molecular flexibility index (Phi) is 6.76. The Bertz CT molecular complexity index is 1130.